The molecule has 2 aromatic carbocycles. The second kappa shape index (κ2) is 7.56. The number of allylic oxidation sites excluding steroid dienone is 1. The van der Waals surface area contributed by atoms with E-state index < -0.39 is 37.7 Å². The van der Waals surface area contributed by atoms with Crippen LogP contribution in [0.3, 0.4) is 0 Å². The van der Waals surface area contributed by atoms with Crippen LogP contribution in [0.1, 0.15) is 30.4 Å². The number of nitrogens with zero attached hydrogens (tertiary/aromatic N) is 1. The van der Waals surface area contributed by atoms with Gasteiger partial charge >= 0.3 is 0 Å². The van der Waals surface area contributed by atoms with Gasteiger partial charge in [0.15, 0.2) is 23.6 Å². The van der Waals surface area contributed by atoms with Gasteiger partial charge in [0.05, 0.1) is 4.75 Å². The van der Waals surface area contributed by atoms with Gasteiger partial charge in [-0.1, -0.05) is 12.1 Å². The van der Waals surface area contributed by atoms with Crippen LogP contribution in [-0.2, 0) is 16.4 Å². The third-order valence-electron chi connectivity index (χ3n) is 5.27. The molecule has 1 aromatic heterocycles. The van der Waals surface area contributed by atoms with Crippen molar-refractivity contribution in [3.05, 3.63) is 69.4 Å². The van der Waals surface area contributed by atoms with Crippen LogP contribution in [0.25, 0.3) is 11.1 Å². The maximum absolute atomic E-state index is 15.0. The van der Waals surface area contributed by atoms with E-state index in [0.29, 0.717) is 16.4 Å². The van der Waals surface area contributed by atoms with Gasteiger partial charge in [-0.3, -0.25) is 4.72 Å². The Balaban J connectivity index is 1.87. The number of fused-ring (bicyclic) bond motifs is 1. The molecule has 0 amide bonds. The first kappa shape index (κ1) is 21.2. The van der Waals surface area contributed by atoms with E-state index in [1.165, 1.54) is 18.2 Å². The number of hydrogen-bond acceptors (Lipinski definition) is 4. The van der Waals surface area contributed by atoms with Gasteiger partial charge in [-0.05, 0) is 59.5 Å². The van der Waals surface area contributed by atoms with Crippen molar-refractivity contribution in [3.8, 4) is 0 Å². The third kappa shape index (κ3) is 3.49. The molecule has 5 nitrogen and oxygen atoms in total. The van der Waals surface area contributed by atoms with Crippen molar-refractivity contribution in [3.63, 3.8) is 0 Å². The van der Waals surface area contributed by atoms with Crippen LogP contribution in [0, 0.1) is 21.0 Å². The van der Waals surface area contributed by atoms with E-state index in [-0.39, 0.29) is 35.2 Å². The van der Waals surface area contributed by atoms with Crippen molar-refractivity contribution in [1.29, 1.82) is 0 Å². The minimum atomic E-state index is -3.99. The van der Waals surface area contributed by atoms with Crippen molar-refractivity contribution in [1.82, 2.24) is 4.98 Å². The van der Waals surface area contributed by atoms with Crippen molar-refractivity contribution in [2.24, 2.45) is 0 Å². The zero-order chi connectivity index (χ0) is 21.7. The molecule has 0 spiro atoms. The maximum atomic E-state index is 15.0. The molecule has 1 heterocycles. The zero-order valence-electron chi connectivity index (χ0n) is 15.5. The SMILES string of the molecule is C=CCC1(S(=O)(=O)Nc2c(Cc3ccc(I)cc3F)c(F)c(F)c3ncoc23)CC1. The van der Waals surface area contributed by atoms with Gasteiger partial charge in [0.1, 0.15) is 17.0 Å². The van der Waals surface area contributed by atoms with Crippen LogP contribution < -0.4 is 4.72 Å². The molecule has 0 bridgehead atoms. The lowest BCUT2D eigenvalue weighted by atomic mass is 10.0. The Morgan fingerprint density at radius 3 is 2.63 bits per heavy atom. The van der Waals surface area contributed by atoms with Crippen molar-refractivity contribution >= 4 is 49.4 Å². The number of oxazole rings is 1. The summed E-state index contributed by atoms with van der Waals surface area (Å²) in [6, 6.07) is 4.31. The largest absolute Gasteiger partial charge is 0.441 e. The minimum Gasteiger partial charge on any atom is -0.441 e. The molecular weight excluding hydrogens is 532 g/mol. The summed E-state index contributed by atoms with van der Waals surface area (Å²) >= 11 is 1.93. The molecule has 10 heteroatoms. The van der Waals surface area contributed by atoms with Crippen LogP contribution in [0.2, 0.25) is 0 Å². The summed E-state index contributed by atoms with van der Waals surface area (Å²) in [7, 11) is -3.99. The summed E-state index contributed by atoms with van der Waals surface area (Å²) in [5, 5.41) is 0. The van der Waals surface area contributed by atoms with Crippen LogP contribution in [0.4, 0.5) is 18.9 Å². The van der Waals surface area contributed by atoms with Crippen LogP contribution >= 0.6 is 22.6 Å². The van der Waals surface area contributed by atoms with E-state index in [0.717, 1.165) is 6.39 Å². The highest BCUT2D eigenvalue weighted by Gasteiger charge is 2.54. The normalized spacial score (nSPS) is 15.3. The fourth-order valence-corrected chi connectivity index (χ4v) is 5.55. The van der Waals surface area contributed by atoms with Gasteiger partial charge < -0.3 is 4.42 Å². The molecule has 0 unspecified atom stereocenters. The van der Waals surface area contributed by atoms with Crippen LogP contribution in [0.15, 0.2) is 41.7 Å². The fraction of sp³-hybridized carbons (Fsp3) is 0.250. The number of hydrogen-bond donors (Lipinski definition) is 1. The van der Waals surface area contributed by atoms with E-state index in [1.54, 1.807) is 6.07 Å². The van der Waals surface area contributed by atoms with E-state index in [2.05, 4.69) is 16.3 Å². The topological polar surface area (TPSA) is 72.2 Å². The number of benzene rings is 2. The number of rotatable bonds is 7. The number of halogens is 4. The fourth-order valence-electron chi connectivity index (χ4n) is 3.42. The summed E-state index contributed by atoms with van der Waals surface area (Å²) in [6.45, 7) is 3.59. The van der Waals surface area contributed by atoms with Gasteiger partial charge in [0, 0.05) is 15.6 Å². The average Bonchev–Trinajstić information content (AvgIpc) is 3.32. The zero-order valence-corrected chi connectivity index (χ0v) is 18.5. The van der Waals surface area contributed by atoms with E-state index in [4.69, 9.17) is 4.42 Å². The molecule has 1 aliphatic carbocycles. The van der Waals surface area contributed by atoms with Crippen molar-refractivity contribution < 1.29 is 26.0 Å². The van der Waals surface area contributed by atoms with E-state index >= 15 is 0 Å². The Kier molecular flexibility index (Phi) is 5.33. The maximum Gasteiger partial charge on any atom is 0.238 e. The third-order valence-corrected chi connectivity index (χ3v) is 8.13. The van der Waals surface area contributed by atoms with Crippen LogP contribution in [-0.4, -0.2) is 18.1 Å². The molecule has 3 aromatic rings. The Bertz CT molecular complexity index is 1270. The minimum absolute atomic E-state index is 0.0836. The molecular formula is C20H16F3IN2O3S. The Hall–Kier alpha value is -2.08. The van der Waals surface area contributed by atoms with Crippen LogP contribution in [0.5, 0.6) is 0 Å². The van der Waals surface area contributed by atoms with E-state index in [1.807, 2.05) is 22.6 Å². The first-order valence-electron chi connectivity index (χ1n) is 8.99. The van der Waals surface area contributed by atoms with Gasteiger partial charge in [-0.15, -0.1) is 6.58 Å². The summed E-state index contributed by atoms with van der Waals surface area (Å²) in [5.74, 6) is -3.20. The molecule has 158 valence electrons. The van der Waals surface area contributed by atoms with Gasteiger partial charge in [-0.25, -0.2) is 26.6 Å². The molecule has 1 aliphatic rings. The molecule has 0 atom stereocenters. The predicted molar refractivity (Wildman–Crippen MR) is 115 cm³/mol. The molecule has 0 saturated heterocycles. The smallest absolute Gasteiger partial charge is 0.238 e. The first-order chi connectivity index (χ1) is 14.2. The highest BCUT2D eigenvalue weighted by molar-refractivity contribution is 14.1. The quantitative estimate of drug-likeness (QED) is 0.322. The number of anilines is 1. The van der Waals surface area contributed by atoms with E-state index in [9.17, 15) is 21.6 Å². The predicted octanol–water partition coefficient (Wildman–Crippen LogP) is 5.29. The Labute approximate surface area is 184 Å². The monoisotopic (exact) mass is 548 g/mol. The molecule has 1 saturated carbocycles. The molecule has 4 rings (SSSR count). The Morgan fingerprint density at radius 2 is 2.00 bits per heavy atom. The van der Waals surface area contributed by atoms with Gasteiger partial charge in [0.2, 0.25) is 10.0 Å². The summed E-state index contributed by atoms with van der Waals surface area (Å²) in [6.07, 6.45) is 3.07. The summed E-state index contributed by atoms with van der Waals surface area (Å²) < 4.78 is 77.1. The summed E-state index contributed by atoms with van der Waals surface area (Å²) in [4.78, 5) is 3.65. The molecule has 0 aliphatic heterocycles. The van der Waals surface area contributed by atoms with Crippen molar-refractivity contribution in [2.45, 2.75) is 30.4 Å². The molecule has 0 radical (unpaired) electrons. The lowest BCUT2D eigenvalue weighted by Crippen LogP contribution is -2.30. The van der Waals surface area contributed by atoms with Crippen molar-refractivity contribution in [2.75, 3.05) is 4.72 Å². The number of aromatic nitrogens is 1. The molecule has 30 heavy (non-hydrogen) atoms. The van der Waals surface area contributed by atoms with Gasteiger partial charge in [0.25, 0.3) is 0 Å². The molecule has 1 fully saturated rings. The Morgan fingerprint density at radius 1 is 1.27 bits per heavy atom. The average molecular weight is 548 g/mol. The lowest BCUT2D eigenvalue weighted by Gasteiger charge is -2.19. The number of sulfonamides is 1. The second-order valence-corrected chi connectivity index (χ2v) is 10.5. The number of nitrogens with one attached hydrogen (secondary N) is 1. The second-order valence-electron chi connectivity index (χ2n) is 7.21. The standard InChI is InChI=1S/C20H16F3IN2O3S/c1-2-5-20(6-7-20)30(27,28)26-17-13(8-11-3-4-12(24)9-14(11)21)15(22)16(23)18-19(17)29-10-25-18/h2-4,9-10,26H,1,5-8H2. The first-order valence-corrected chi connectivity index (χ1v) is 11.6. The highest BCUT2D eigenvalue weighted by atomic mass is 127. The van der Waals surface area contributed by atoms with Gasteiger partial charge in [-0.2, -0.15) is 0 Å². The lowest BCUT2D eigenvalue weighted by molar-refractivity contribution is 0.506. The highest BCUT2D eigenvalue weighted by Crippen LogP contribution is 2.48. The molecule has 1 N–H and O–H groups in total. The summed E-state index contributed by atoms with van der Waals surface area (Å²) in [5.41, 5.74) is -1.22.